The van der Waals surface area contributed by atoms with Crippen LogP contribution in [-0.2, 0) is 4.57 Å². The van der Waals surface area contributed by atoms with Gasteiger partial charge in [0.15, 0.2) is 0 Å². The first-order valence-electron chi connectivity index (χ1n) is 2.57. The molecule has 0 saturated carbocycles. The second kappa shape index (κ2) is 10.8. The zero-order valence-electron chi connectivity index (χ0n) is 5.22. The summed E-state index contributed by atoms with van der Waals surface area (Å²) in [7, 11) is -3.13. The van der Waals surface area contributed by atoms with E-state index in [-0.39, 0.29) is 0 Å². The van der Waals surface area contributed by atoms with Gasteiger partial charge in [-0.25, -0.2) is 0 Å². The highest BCUT2D eigenvalue weighted by Gasteiger charge is 1.69. The summed E-state index contributed by atoms with van der Waals surface area (Å²) in [6.07, 6.45) is 0. The van der Waals surface area contributed by atoms with Gasteiger partial charge in [-0.15, -0.1) is 4.55 Å². The minimum Gasteiger partial charge on any atom is -0.326 e. The summed E-state index contributed by atoms with van der Waals surface area (Å²) in [4.78, 5) is 14.3. The molecule has 5 heteroatoms. The third-order valence-electron chi connectivity index (χ3n) is 0.500. The maximum atomic E-state index is 8.74. The normalized spacial score (nSPS) is 7.12. The second-order valence-corrected chi connectivity index (χ2v) is 3.85. The summed E-state index contributed by atoms with van der Waals surface area (Å²) in [6.45, 7) is 2.24. The van der Waals surface area contributed by atoms with E-state index in [9.17, 15) is 0 Å². The van der Waals surface area contributed by atoms with E-state index in [4.69, 9.17) is 14.4 Å². The predicted octanol–water partition coefficient (Wildman–Crippen LogP) is 0.538. The monoisotopic (exact) mass is 150 g/mol. The van der Waals surface area contributed by atoms with Crippen LogP contribution in [0.4, 0.5) is 0 Å². The van der Waals surface area contributed by atoms with Crippen molar-refractivity contribution in [3.05, 3.63) is 0 Å². The van der Waals surface area contributed by atoms with Crippen molar-refractivity contribution in [1.29, 1.82) is 0 Å². The summed E-state index contributed by atoms with van der Waals surface area (Å²) in [6, 6.07) is 0. The van der Waals surface area contributed by atoms with Gasteiger partial charge in [0.2, 0.25) is 0 Å². The van der Waals surface area contributed by atoms with Crippen LogP contribution in [0.3, 0.4) is 0 Å². The van der Waals surface area contributed by atoms with Gasteiger partial charge in [-0.3, -0.25) is 4.57 Å². The van der Waals surface area contributed by atoms with Crippen molar-refractivity contribution in [2.24, 2.45) is 0 Å². The molecule has 0 aromatic rings. The Morgan fingerprint density at radius 2 is 1.75 bits per heavy atom. The van der Waals surface area contributed by atoms with Crippen LogP contribution in [0.2, 0.25) is 9.60 Å². The van der Waals surface area contributed by atoms with Gasteiger partial charge in [-0.05, 0) is 0 Å². The zero-order chi connectivity index (χ0) is 6.99. The van der Waals surface area contributed by atoms with Crippen molar-refractivity contribution in [2.45, 2.75) is 16.5 Å². The first kappa shape index (κ1) is 11.7. The van der Waals surface area contributed by atoms with Gasteiger partial charge in [-0.1, -0.05) is 6.92 Å². The molecule has 0 unspecified atom stereocenters. The Balaban J connectivity index is 0. The van der Waals surface area contributed by atoms with Crippen molar-refractivity contribution in [3.8, 4) is 0 Å². The number of hydrogen-bond donors (Lipinski definition) is 2. The van der Waals surface area contributed by atoms with Crippen molar-refractivity contribution >= 4 is 28.6 Å². The van der Waals surface area contributed by atoms with Crippen molar-refractivity contribution < 1.29 is 14.4 Å². The molecule has 3 nitrogen and oxygen atoms in total. The van der Waals surface area contributed by atoms with Crippen molar-refractivity contribution in [3.63, 3.8) is 0 Å². The molecule has 0 aromatic heterocycles. The highest BCUT2D eigenvalue weighted by molar-refractivity contribution is 7.30. The third kappa shape index (κ3) is 65.9. The fourth-order valence-corrected chi connectivity index (χ4v) is 0. The lowest BCUT2D eigenvalue weighted by Crippen LogP contribution is -1.67. The maximum absolute atomic E-state index is 8.74. The molecule has 8 heavy (non-hydrogen) atoms. The molecule has 0 saturated heterocycles. The van der Waals surface area contributed by atoms with E-state index in [1.165, 1.54) is 4.55 Å². The highest BCUT2D eigenvalue weighted by atomic mass is 31.1. The molecule has 0 fully saturated rings. The smallest absolute Gasteiger partial charge is 0.326 e. The minimum absolute atomic E-state index is 0.424. The van der Waals surface area contributed by atoms with Gasteiger partial charge in [0.25, 0.3) is 0 Å². The molecule has 0 aliphatic heterocycles. The first-order chi connectivity index (χ1) is 3.65. The fraction of sp³-hybridized carbons (Fsp3) is 1.00. The average Bonchev–Trinajstić information content (AvgIpc) is 1.65. The van der Waals surface area contributed by atoms with E-state index in [1.54, 1.807) is 0 Å². The quantitative estimate of drug-likeness (QED) is 0.424. The molecule has 0 amide bonds. The summed E-state index contributed by atoms with van der Waals surface area (Å²) in [5.41, 5.74) is 0. The Morgan fingerprint density at radius 3 is 1.75 bits per heavy atom. The van der Waals surface area contributed by atoms with Crippen LogP contribution in [0.15, 0.2) is 0 Å². The molecule has 0 rings (SSSR count). The minimum atomic E-state index is -3.13. The van der Waals surface area contributed by atoms with E-state index in [0.717, 1.165) is 0 Å². The second-order valence-electron chi connectivity index (χ2n) is 1.28. The molecule has 0 aliphatic carbocycles. The maximum Gasteiger partial charge on any atom is 0.359 e. The van der Waals surface area contributed by atoms with E-state index >= 15 is 0 Å². The van der Waals surface area contributed by atoms with E-state index < -0.39 is 8.25 Å². The SMILES string of the molecule is C[CH2][Mg][CH3].O=[PH](O)O. The summed E-state index contributed by atoms with van der Waals surface area (Å²) < 4.78 is 10.2. The number of hydrogen-bond acceptors (Lipinski definition) is 1. The Hall–Kier alpha value is 0.916. The molecule has 0 aromatic carbocycles. The lowest BCUT2D eigenvalue weighted by molar-refractivity contribution is 0.405. The lowest BCUT2D eigenvalue weighted by Gasteiger charge is -1.61. The van der Waals surface area contributed by atoms with Crippen molar-refractivity contribution in [2.75, 3.05) is 0 Å². The van der Waals surface area contributed by atoms with Crippen LogP contribution >= 0.6 is 8.25 Å². The Bertz CT molecular complexity index is 52.5. The molecule has 0 radical (unpaired) electrons. The molecule has 0 atom stereocenters. The highest BCUT2D eigenvalue weighted by Crippen LogP contribution is 1.98. The van der Waals surface area contributed by atoms with Gasteiger partial charge < -0.3 is 9.79 Å². The molecule has 0 heterocycles. The van der Waals surface area contributed by atoms with Crippen LogP contribution in [0.1, 0.15) is 6.92 Å². The third-order valence-corrected chi connectivity index (χ3v) is 1.50. The molecular formula is C3H11MgO3P. The largest absolute Gasteiger partial charge is 0.359 e. The molecule has 2 N–H and O–H groups in total. The zero-order valence-corrected chi connectivity index (χ0v) is 7.63. The van der Waals surface area contributed by atoms with Gasteiger partial charge >= 0.3 is 28.6 Å². The van der Waals surface area contributed by atoms with Gasteiger partial charge in [0, 0.05) is 0 Å². The van der Waals surface area contributed by atoms with E-state index in [2.05, 4.69) is 12.0 Å². The van der Waals surface area contributed by atoms with Crippen LogP contribution < -0.4 is 0 Å². The molecule has 48 valence electrons. The van der Waals surface area contributed by atoms with Crippen molar-refractivity contribution in [1.82, 2.24) is 0 Å². The van der Waals surface area contributed by atoms with Gasteiger partial charge in [-0.2, -0.15) is 5.05 Å². The van der Waals surface area contributed by atoms with Crippen LogP contribution in [0.5, 0.6) is 0 Å². The first-order valence-corrected chi connectivity index (χ1v) is 6.28. The summed E-state index contributed by atoms with van der Waals surface area (Å²) in [5.74, 6) is 0. The fourth-order valence-electron chi connectivity index (χ4n) is 0. The van der Waals surface area contributed by atoms with Crippen LogP contribution in [0, 0.1) is 0 Å². The molecule has 0 aliphatic rings. The van der Waals surface area contributed by atoms with Crippen LogP contribution in [0.25, 0.3) is 0 Å². The van der Waals surface area contributed by atoms with Crippen LogP contribution in [-0.4, -0.2) is 30.2 Å². The standard InChI is InChI=1S/C2H5.CH3.Mg.H3O3P/c1-2;;;1-4(2)3/h1H2,2H3;1H3;;4H,(H2,1,2,3). The van der Waals surface area contributed by atoms with E-state index in [1.807, 2.05) is 0 Å². The molecular weight excluding hydrogens is 139 g/mol. The topological polar surface area (TPSA) is 57.5 Å². The Labute approximate surface area is 59.8 Å². The molecule has 0 bridgehead atoms. The van der Waals surface area contributed by atoms with Gasteiger partial charge in [0.05, 0.1) is 0 Å². The van der Waals surface area contributed by atoms with E-state index in [0.29, 0.717) is 20.4 Å². The summed E-state index contributed by atoms with van der Waals surface area (Å²) >= 11 is 0.424. The Morgan fingerprint density at radius 1 is 1.62 bits per heavy atom. The number of rotatable bonds is 1. The predicted molar refractivity (Wildman–Crippen MR) is 35.5 cm³/mol. The Kier molecular flexibility index (Phi) is 15.8. The lowest BCUT2D eigenvalue weighted by atomic mass is 11.0. The van der Waals surface area contributed by atoms with Gasteiger partial charge in [0.1, 0.15) is 0 Å². The summed E-state index contributed by atoms with van der Waals surface area (Å²) in [5, 5.41) is 2.32. The molecule has 0 spiro atoms. The average molecular weight is 150 g/mol.